The van der Waals surface area contributed by atoms with E-state index in [9.17, 15) is 13.2 Å². The molecule has 0 saturated heterocycles. The third-order valence-electron chi connectivity index (χ3n) is 5.16. The van der Waals surface area contributed by atoms with Crippen LogP contribution in [0.4, 0.5) is 16.3 Å². The van der Waals surface area contributed by atoms with Gasteiger partial charge in [-0.2, -0.15) is 0 Å². The lowest BCUT2D eigenvalue weighted by molar-refractivity contribution is 0.252. The Morgan fingerprint density at radius 2 is 1.97 bits per heavy atom. The number of benzene rings is 2. The van der Waals surface area contributed by atoms with Crippen molar-refractivity contribution in [2.75, 3.05) is 29.1 Å². The first kappa shape index (κ1) is 20.2. The van der Waals surface area contributed by atoms with Gasteiger partial charge in [0.1, 0.15) is 5.82 Å². The number of urea groups is 1. The van der Waals surface area contributed by atoms with Crippen LogP contribution < -0.4 is 15.5 Å². The number of amides is 2. The summed E-state index contributed by atoms with van der Waals surface area (Å²) in [7, 11) is -3.35. The highest BCUT2D eigenvalue weighted by molar-refractivity contribution is 7.91. The summed E-state index contributed by atoms with van der Waals surface area (Å²) < 4.78 is 25.4. The van der Waals surface area contributed by atoms with Crippen LogP contribution in [0.2, 0.25) is 0 Å². The van der Waals surface area contributed by atoms with E-state index in [4.69, 9.17) is 4.98 Å². The molecular formula is C22H24N4O3S. The molecule has 0 fully saturated rings. The summed E-state index contributed by atoms with van der Waals surface area (Å²) in [4.78, 5) is 19.3. The monoisotopic (exact) mass is 424 g/mol. The van der Waals surface area contributed by atoms with Gasteiger partial charge in [0.05, 0.1) is 21.9 Å². The minimum absolute atomic E-state index is 0.0106. The van der Waals surface area contributed by atoms with Crippen LogP contribution in [-0.4, -0.2) is 38.3 Å². The van der Waals surface area contributed by atoms with Crippen molar-refractivity contribution in [2.45, 2.75) is 25.3 Å². The normalized spacial score (nSPS) is 15.3. The average molecular weight is 425 g/mol. The highest BCUT2D eigenvalue weighted by atomic mass is 32.2. The molecule has 1 aliphatic rings. The second kappa shape index (κ2) is 7.95. The molecule has 0 spiro atoms. The van der Waals surface area contributed by atoms with Crippen LogP contribution >= 0.6 is 0 Å². The van der Waals surface area contributed by atoms with E-state index in [0.717, 1.165) is 22.0 Å². The summed E-state index contributed by atoms with van der Waals surface area (Å²) in [6, 6.07) is 14.5. The Balaban J connectivity index is 1.79. The Kier molecular flexibility index (Phi) is 5.34. The molecule has 2 amide bonds. The van der Waals surface area contributed by atoms with Crippen LogP contribution in [-0.2, 0) is 16.4 Å². The Bertz CT molecular complexity index is 1220. The first-order valence-electron chi connectivity index (χ1n) is 9.89. The first-order chi connectivity index (χ1) is 14.4. The molecule has 7 nitrogen and oxygen atoms in total. The Hall–Kier alpha value is -3.13. The highest BCUT2D eigenvalue weighted by Gasteiger charge is 2.26. The molecule has 0 bridgehead atoms. The van der Waals surface area contributed by atoms with Crippen molar-refractivity contribution in [2.24, 2.45) is 0 Å². The molecule has 0 radical (unpaired) electrons. The van der Waals surface area contributed by atoms with Crippen molar-refractivity contribution in [3.8, 4) is 0 Å². The van der Waals surface area contributed by atoms with E-state index >= 15 is 0 Å². The topological polar surface area (TPSA) is 91.4 Å². The lowest BCUT2D eigenvalue weighted by Gasteiger charge is -2.23. The minimum Gasteiger partial charge on any atom is -0.351 e. The predicted molar refractivity (Wildman–Crippen MR) is 119 cm³/mol. The number of carbonyl (C=O) groups is 1. The Labute approximate surface area is 176 Å². The maximum Gasteiger partial charge on any atom is 0.319 e. The number of aryl methyl sites for hydroxylation is 1. The smallest absolute Gasteiger partial charge is 0.319 e. The maximum absolute atomic E-state index is 12.7. The van der Waals surface area contributed by atoms with Gasteiger partial charge in [0.25, 0.3) is 0 Å². The first-order valence-corrected chi connectivity index (χ1v) is 11.5. The molecule has 2 heterocycles. The lowest BCUT2D eigenvalue weighted by Crippen LogP contribution is -2.29. The molecule has 1 aliphatic heterocycles. The van der Waals surface area contributed by atoms with Gasteiger partial charge in [-0.3, -0.25) is 0 Å². The fourth-order valence-electron chi connectivity index (χ4n) is 3.68. The van der Waals surface area contributed by atoms with Crippen molar-refractivity contribution >= 4 is 38.3 Å². The standard InChI is InChI=1S/C22H24N4O3S/c1-3-23-22(27)25-19-13-21(24-18-9-8-15(2)12-17(18)19)26-10-11-30(28,29)20-7-5-4-6-16(20)14-26/h4-9,12-13H,3,10-11,14H2,1-2H3,(H2,23,24,25,27). The van der Waals surface area contributed by atoms with E-state index in [1.54, 1.807) is 12.1 Å². The van der Waals surface area contributed by atoms with Crippen molar-refractivity contribution < 1.29 is 13.2 Å². The van der Waals surface area contributed by atoms with E-state index in [-0.39, 0.29) is 11.8 Å². The molecule has 2 N–H and O–H groups in total. The number of anilines is 2. The molecule has 8 heteroatoms. The van der Waals surface area contributed by atoms with Crippen molar-refractivity contribution in [3.05, 3.63) is 59.7 Å². The quantitative estimate of drug-likeness (QED) is 0.672. The maximum atomic E-state index is 12.7. The number of rotatable bonds is 3. The van der Waals surface area contributed by atoms with Crippen LogP contribution in [0.1, 0.15) is 18.1 Å². The largest absolute Gasteiger partial charge is 0.351 e. The average Bonchev–Trinajstić information content (AvgIpc) is 2.85. The summed E-state index contributed by atoms with van der Waals surface area (Å²) in [5.74, 6) is 0.640. The van der Waals surface area contributed by atoms with Gasteiger partial charge in [-0.05, 0) is 37.6 Å². The van der Waals surface area contributed by atoms with Gasteiger partial charge in [-0.25, -0.2) is 18.2 Å². The molecule has 2 aromatic carbocycles. The summed E-state index contributed by atoms with van der Waals surface area (Å²) in [5, 5.41) is 6.49. The zero-order valence-corrected chi connectivity index (χ0v) is 17.8. The van der Waals surface area contributed by atoms with Crippen LogP contribution in [0.15, 0.2) is 53.4 Å². The SMILES string of the molecule is CCNC(=O)Nc1cc(N2CCS(=O)(=O)c3ccccc3C2)nc2ccc(C)cc12. The number of nitrogens with one attached hydrogen (secondary N) is 2. The van der Waals surface area contributed by atoms with Gasteiger partial charge in [0, 0.05) is 31.1 Å². The summed E-state index contributed by atoms with van der Waals surface area (Å²) >= 11 is 0. The third-order valence-corrected chi connectivity index (χ3v) is 6.95. The van der Waals surface area contributed by atoms with Gasteiger partial charge in [0.2, 0.25) is 0 Å². The second-order valence-electron chi connectivity index (χ2n) is 7.38. The number of fused-ring (bicyclic) bond motifs is 2. The molecule has 4 rings (SSSR count). The number of carbonyl (C=O) groups excluding carboxylic acids is 1. The predicted octanol–water partition coefficient (Wildman–Crippen LogP) is 3.48. The summed E-state index contributed by atoms with van der Waals surface area (Å²) in [6.07, 6.45) is 0. The van der Waals surface area contributed by atoms with E-state index in [0.29, 0.717) is 36.0 Å². The zero-order valence-electron chi connectivity index (χ0n) is 17.0. The van der Waals surface area contributed by atoms with E-state index < -0.39 is 9.84 Å². The number of hydrogen-bond acceptors (Lipinski definition) is 5. The van der Waals surface area contributed by atoms with Crippen LogP contribution in [0.25, 0.3) is 10.9 Å². The molecule has 3 aromatic rings. The Morgan fingerprint density at radius 1 is 1.17 bits per heavy atom. The van der Waals surface area contributed by atoms with E-state index in [1.165, 1.54) is 0 Å². The molecule has 156 valence electrons. The van der Waals surface area contributed by atoms with Crippen molar-refractivity contribution in [1.82, 2.24) is 10.3 Å². The van der Waals surface area contributed by atoms with Gasteiger partial charge >= 0.3 is 6.03 Å². The van der Waals surface area contributed by atoms with Crippen LogP contribution in [0.3, 0.4) is 0 Å². The fourth-order valence-corrected chi connectivity index (χ4v) is 5.18. The molecule has 0 aliphatic carbocycles. The number of hydrogen-bond donors (Lipinski definition) is 2. The summed E-state index contributed by atoms with van der Waals surface area (Å²) in [5.41, 5.74) is 3.19. The van der Waals surface area contributed by atoms with Crippen molar-refractivity contribution in [3.63, 3.8) is 0 Å². The van der Waals surface area contributed by atoms with Gasteiger partial charge in [-0.15, -0.1) is 0 Å². The van der Waals surface area contributed by atoms with Gasteiger partial charge in [-0.1, -0.05) is 29.8 Å². The molecule has 30 heavy (non-hydrogen) atoms. The number of nitrogens with zero attached hydrogens (tertiary/aromatic N) is 2. The van der Waals surface area contributed by atoms with Gasteiger partial charge < -0.3 is 15.5 Å². The third kappa shape index (κ3) is 3.95. The number of pyridine rings is 1. The fraction of sp³-hybridized carbons (Fsp3) is 0.273. The van der Waals surface area contributed by atoms with Crippen molar-refractivity contribution in [1.29, 1.82) is 0 Å². The number of aromatic nitrogens is 1. The zero-order chi connectivity index (χ0) is 21.3. The van der Waals surface area contributed by atoms with E-state index in [2.05, 4.69) is 10.6 Å². The lowest BCUT2D eigenvalue weighted by atomic mass is 10.1. The number of sulfone groups is 1. The minimum atomic E-state index is -3.35. The second-order valence-corrected chi connectivity index (χ2v) is 9.46. The molecule has 0 atom stereocenters. The van der Waals surface area contributed by atoms with Gasteiger partial charge in [0.15, 0.2) is 9.84 Å². The van der Waals surface area contributed by atoms with E-state index in [1.807, 2.05) is 55.1 Å². The Morgan fingerprint density at radius 3 is 2.77 bits per heavy atom. The van der Waals surface area contributed by atoms with Crippen LogP contribution in [0, 0.1) is 6.92 Å². The molecule has 1 aromatic heterocycles. The molecule has 0 unspecified atom stereocenters. The van der Waals surface area contributed by atoms with Crippen LogP contribution in [0.5, 0.6) is 0 Å². The molecular weight excluding hydrogens is 400 g/mol. The highest BCUT2D eigenvalue weighted by Crippen LogP contribution is 2.31. The molecule has 0 saturated carbocycles. The summed E-state index contributed by atoms with van der Waals surface area (Å²) in [6.45, 7) is 5.11.